The normalized spacial score (nSPS) is 11.0. The first kappa shape index (κ1) is 28.5. The van der Waals surface area contributed by atoms with Crippen LogP contribution in [0.5, 0.6) is 17.2 Å². The van der Waals surface area contributed by atoms with Crippen LogP contribution in [0.2, 0.25) is 0 Å². The lowest BCUT2D eigenvalue weighted by atomic mass is 10.0. The number of amides is 1. The molecule has 4 aromatic carbocycles. The van der Waals surface area contributed by atoms with Gasteiger partial charge in [0.1, 0.15) is 18.4 Å². The maximum atomic E-state index is 13.7. The van der Waals surface area contributed by atoms with Crippen LogP contribution in [0.15, 0.2) is 91.0 Å². The average molecular weight is 552 g/mol. The van der Waals surface area contributed by atoms with E-state index in [1.54, 1.807) is 48.5 Å². The van der Waals surface area contributed by atoms with E-state index in [1.807, 2.05) is 30.3 Å². The molecule has 0 fully saturated rings. The first-order chi connectivity index (χ1) is 19.9. The van der Waals surface area contributed by atoms with Gasteiger partial charge in [0.25, 0.3) is 0 Å². The van der Waals surface area contributed by atoms with Crippen LogP contribution in [0.3, 0.4) is 0 Å². The summed E-state index contributed by atoms with van der Waals surface area (Å²) in [6.45, 7) is 0.419. The van der Waals surface area contributed by atoms with Gasteiger partial charge in [-0.1, -0.05) is 42.5 Å². The van der Waals surface area contributed by atoms with Gasteiger partial charge in [-0.3, -0.25) is 4.79 Å². The first-order valence-corrected chi connectivity index (χ1v) is 12.7. The second-order valence-corrected chi connectivity index (χ2v) is 9.01. The molecule has 0 aliphatic carbocycles. The average Bonchev–Trinajstić information content (AvgIpc) is 3.02. The number of hydrogen-bond acceptors (Lipinski definition) is 7. The van der Waals surface area contributed by atoms with Crippen LogP contribution in [-0.4, -0.2) is 31.2 Å². The maximum absolute atomic E-state index is 13.7. The molecule has 1 unspecified atom stereocenters. The van der Waals surface area contributed by atoms with Crippen molar-refractivity contribution in [2.24, 2.45) is 0 Å². The molecule has 41 heavy (non-hydrogen) atoms. The molecule has 4 aromatic rings. The number of anilines is 1. The van der Waals surface area contributed by atoms with Crippen molar-refractivity contribution in [3.63, 3.8) is 0 Å². The Labute approximate surface area is 237 Å². The molecule has 0 spiro atoms. The molecule has 0 aliphatic heterocycles. The predicted molar refractivity (Wildman–Crippen MR) is 153 cm³/mol. The van der Waals surface area contributed by atoms with Crippen LogP contribution in [0.25, 0.3) is 0 Å². The van der Waals surface area contributed by atoms with Crippen LogP contribution in [-0.2, 0) is 17.9 Å². The molecule has 1 amide bonds. The lowest BCUT2D eigenvalue weighted by molar-refractivity contribution is -0.122. The highest BCUT2D eigenvalue weighted by Crippen LogP contribution is 2.39. The van der Waals surface area contributed by atoms with Crippen molar-refractivity contribution in [2.45, 2.75) is 19.2 Å². The monoisotopic (exact) mass is 551 g/mol. The summed E-state index contributed by atoms with van der Waals surface area (Å²) < 4.78 is 17.2. The van der Waals surface area contributed by atoms with Gasteiger partial charge < -0.3 is 30.0 Å². The number of methoxy groups -OCH3 is 2. The number of carboxylic acids is 1. The molecule has 0 aliphatic rings. The summed E-state index contributed by atoms with van der Waals surface area (Å²) in [6.07, 6.45) is 0. The lowest BCUT2D eigenvalue weighted by Gasteiger charge is -2.24. The number of nitrogens with one attached hydrogen (secondary N) is 2. The number of nitriles is 1. The molecular weight excluding hydrogens is 522 g/mol. The molecule has 208 valence electrons. The summed E-state index contributed by atoms with van der Waals surface area (Å²) in [6, 6.07) is 27.2. The summed E-state index contributed by atoms with van der Waals surface area (Å²) in [4.78, 5) is 24.9. The second-order valence-electron chi connectivity index (χ2n) is 9.01. The summed E-state index contributed by atoms with van der Waals surface area (Å²) in [5, 5.41) is 24.6. The lowest BCUT2D eigenvalue weighted by Crippen LogP contribution is -2.33. The van der Waals surface area contributed by atoms with Crippen LogP contribution >= 0.6 is 0 Å². The van der Waals surface area contributed by atoms with Crippen molar-refractivity contribution < 1.29 is 28.9 Å². The number of carboxylic acid groups (broad SMARTS) is 1. The number of aromatic carboxylic acids is 1. The number of nitrogens with zero attached hydrogens (tertiary/aromatic N) is 1. The quantitative estimate of drug-likeness (QED) is 0.216. The van der Waals surface area contributed by atoms with E-state index in [2.05, 4.69) is 16.7 Å². The molecule has 3 N–H and O–H groups in total. The number of benzene rings is 4. The predicted octanol–water partition coefficient (Wildman–Crippen LogP) is 5.32. The zero-order chi connectivity index (χ0) is 29.2. The Morgan fingerprint density at radius 3 is 2.12 bits per heavy atom. The molecule has 9 heteroatoms. The largest absolute Gasteiger partial charge is 0.493 e. The zero-order valence-corrected chi connectivity index (χ0v) is 22.6. The van der Waals surface area contributed by atoms with Gasteiger partial charge in [-0.25, -0.2) is 4.79 Å². The first-order valence-electron chi connectivity index (χ1n) is 12.7. The maximum Gasteiger partial charge on any atom is 0.335 e. The minimum Gasteiger partial charge on any atom is -0.493 e. The van der Waals surface area contributed by atoms with E-state index >= 15 is 0 Å². The van der Waals surface area contributed by atoms with E-state index in [0.29, 0.717) is 40.6 Å². The van der Waals surface area contributed by atoms with E-state index in [0.717, 1.165) is 11.1 Å². The molecule has 0 aromatic heterocycles. The fraction of sp³-hybridized carbons (Fsp3) is 0.156. The molecule has 9 nitrogen and oxygen atoms in total. The van der Waals surface area contributed by atoms with Crippen molar-refractivity contribution in [1.29, 1.82) is 5.26 Å². The van der Waals surface area contributed by atoms with Gasteiger partial charge in [0.15, 0.2) is 11.5 Å². The third-order valence-corrected chi connectivity index (χ3v) is 6.32. The smallest absolute Gasteiger partial charge is 0.335 e. The van der Waals surface area contributed by atoms with Crippen LogP contribution in [0.1, 0.15) is 38.7 Å². The van der Waals surface area contributed by atoms with Crippen molar-refractivity contribution in [1.82, 2.24) is 5.32 Å². The van der Waals surface area contributed by atoms with Crippen LogP contribution in [0, 0.1) is 11.3 Å². The molecule has 0 heterocycles. The fourth-order valence-electron chi connectivity index (χ4n) is 4.11. The van der Waals surface area contributed by atoms with Gasteiger partial charge in [-0.2, -0.15) is 5.26 Å². The highest BCUT2D eigenvalue weighted by molar-refractivity contribution is 5.88. The molecule has 0 radical (unpaired) electrons. The number of ether oxygens (including phenoxy) is 3. The molecule has 4 rings (SSSR count). The number of carbonyl (C=O) groups is 2. The van der Waals surface area contributed by atoms with Gasteiger partial charge in [0.05, 0.1) is 31.4 Å². The SMILES string of the molecule is COc1cc(OCc2ccc(C(=O)O)cc2)c(C(Nc2ccc(C#N)cc2)C(=O)NCc2ccccc2)cc1OC. The Balaban J connectivity index is 1.70. The third-order valence-electron chi connectivity index (χ3n) is 6.32. The fourth-order valence-corrected chi connectivity index (χ4v) is 4.11. The Kier molecular flexibility index (Phi) is 9.41. The summed E-state index contributed by atoms with van der Waals surface area (Å²) >= 11 is 0. The molecular formula is C32H29N3O6. The summed E-state index contributed by atoms with van der Waals surface area (Å²) in [5.41, 5.74) is 3.44. The Hall–Kier alpha value is -5.49. The van der Waals surface area contributed by atoms with Gasteiger partial charge >= 0.3 is 5.97 Å². The van der Waals surface area contributed by atoms with Gasteiger partial charge in [0, 0.05) is 23.9 Å². The van der Waals surface area contributed by atoms with E-state index in [4.69, 9.17) is 14.2 Å². The van der Waals surface area contributed by atoms with Gasteiger partial charge in [0.2, 0.25) is 5.91 Å². The highest BCUT2D eigenvalue weighted by atomic mass is 16.5. The number of carbonyl (C=O) groups excluding carboxylic acids is 1. The second kappa shape index (κ2) is 13.5. The molecule has 0 saturated heterocycles. The van der Waals surface area contributed by atoms with Crippen molar-refractivity contribution in [3.05, 3.63) is 119 Å². The zero-order valence-electron chi connectivity index (χ0n) is 22.6. The van der Waals surface area contributed by atoms with E-state index < -0.39 is 12.0 Å². The highest BCUT2D eigenvalue weighted by Gasteiger charge is 2.27. The Morgan fingerprint density at radius 2 is 1.51 bits per heavy atom. The van der Waals surface area contributed by atoms with Crippen molar-refractivity contribution in [2.75, 3.05) is 19.5 Å². The number of hydrogen-bond donors (Lipinski definition) is 3. The van der Waals surface area contributed by atoms with Crippen LogP contribution in [0.4, 0.5) is 5.69 Å². The number of rotatable bonds is 12. The summed E-state index contributed by atoms with van der Waals surface area (Å²) in [5.74, 6) is -0.151. The van der Waals surface area contributed by atoms with Crippen molar-refractivity contribution in [3.8, 4) is 23.3 Å². The topological polar surface area (TPSA) is 130 Å². The standard InChI is InChI=1S/C32H29N3O6/c1-39-28-16-26(27(17-29(28)40-2)41-20-23-8-12-24(13-9-23)32(37)38)30(35-25-14-10-21(18-33)11-15-25)31(36)34-19-22-6-4-3-5-7-22/h3-17,30,35H,19-20H2,1-2H3,(H,34,36)(H,37,38). The van der Waals surface area contributed by atoms with Crippen LogP contribution < -0.4 is 24.8 Å². The third kappa shape index (κ3) is 7.34. The van der Waals surface area contributed by atoms with Crippen molar-refractivity contribution >= 4 is 17.6 Å². The molecule has 0 bridgehead atoms. The minimum absolute atomic E-state index is 0.109. The molecule has 1 atom stereocenters. The van der Waals surface area contributed by atoms with Gasteiger partial charge in [-0.15, -0.1) is 0 Å². The Bertz CT molecular complexity index is 1530. The van der Waals surface area contributed by atoms with Gasteiger partial charge in [-0.05, 0) is 53.6 Å². The summed E-state index contributed by atoms with van der Waals surface area (Å²) in [7, 11) is 3.01. The molecule has 0 saturated carbocycles. The Morgan fingerprint density at radius 1 is 0.854 bits per heavy atom. The van der Waals surface area contributed by atoms with E-state index in [1.165, 1.54) is 26.4 Å². The van der Waals surface area contributed by atoms with E-state index in [-0.39, 0.29) is 18.1 Å². The minimum atomic E-state index is -1.02. The van der Waals surface area contributed by atoms with E-state index in [9.17, 15) is 20.0 Å².